The van der Waals surface area contributed by atoms with E-state index in [2.05, 4.69) is 30.3 Å². The summed E-state index contributed by atoms with van der Waals surface area (Å²) < 4.78 is 0. The van der Waals surface area contributed by atoms with E-state index in [1.165, 1.54) is 11.1 Å². The van der Waals surface area contributed by atoms with Crippen molar-refractivity contribution < 1.29 is 9.59 Å². The predicted octanol–water partition coefficient (Wildman–Crippen LogP) is 3.93. The first-order chi connectivity index (χ1) is 10.2. The average Bonchev–Trinajstić information content (AvgIpc) is 2.49. The van der Waals surface area contributed by atoms with Gasteiger partial charge in [0, 0.05) is 5.02 Å². The molecule has 0 saturated carbocycles. The Morgan fingerprint density at radius 2 is 1.29 bits per heavy atom. The maximum absolute atomic E-state index is 8.35. The van der Waals surface area contributed by atoms with Crippen molar-refractivity contribution in [3.8, 4) is 0 Å². The molecule has 0 atom stereocenters. The SMILES string of the molecule is Clc1ccccc1CCc1ccccc1.N=C=O.N=C=O. The summed E-state index contributed by atoms with van der Waals surface area (Å²) in [6, 6.07) is 18.5. The van der Waals surface area contributed by atoms with Gasteiger partial charge in [0.15, 0.2) is 0 Å². The molecule has 2 aromatic carbocycles. The predicted molar refractivity (Wildman–Crippen MR) is 82.1 cm³/mol. The van der Waals surface area contributed by atoms with Crippen molar-refractivity contribution in [2.75, 3.05) is 0 Å². The van der Waals surface area contributed by atoms with E-state index in [9.17, 15) is 0 Å². The number of carbonyl (C=O) groups excluding carboxylic acids is 2. The fourth-order valence-electron chi connectivity index (χ4n) is 1.62. The number of rotatable bonds is 3. The second-order valence-electron chi connectivity index (χ2n) is 3.78. The van der Waals surface area contributed by atoms with Gasteiger partial charge in [-0.1, -0.05) is 60.1 Å². The second kappa shape index (κ2) is 12.5. The first-order valence-electron chi connectivity index (χ1n) is 6.04. The van der Waals surface area contributed by atoms with E-state index in [1.807, 2.05) is 24.3 Å². The summed E-state index contributed by atoms with van der Waals surface area (Å²) in [6.45, 7) is 0. The number of aryl methyl sites for hydroxylation is 2. The fraction of sp³-hybridized carbons (Fsp3) is 0.125. The second-order valence-corrected chi connectivity index (χ2v) is 4.19. The highest BCUT2D eigenvalue weighted by Crippen LogP contribution is 2.17. The fourth-order valence-corrected chi connectivity index (χ4v) is 1.86. The summed E-state index contributed by atoms with van der Waals surface area (Å²) >= 11 is 6.09. The van der Waals surface area contributed by atoms with Crippen molar-refractivity contribution >= 4 is 23.8 Å². The van der Waals surface area contributed by atoms with Gasteiger partial charge in [-0.3, -0.25) is 0 Å². The van der Waals surface area contributed by atoms with E-state index in [4.69, 9.17) is 32.0 Å². The Morgan fingerprint density at radius 1 is 0.810 bits per heavy atom. The molecule has 0 aromatic heterocycles. The molecule has 5 heteroatoms. The van der Waals surface area contributed by atoms with E-state index in [0.717, 1.165) is 30.0 Å². The van der Waals surface area contributed by atoms with Crippen molar-refractivity contribution in [2.45, 2.75) is 12.8 Å². The van der Waals surface area contributed by atoms with Crippen LogP contribution in [-0.4, -0.2) is 12.2 Å². The molecule has 0 bridgehead atoms. The number of hydrogen-bond donors (Lipinski definition) is 2. The maximum Gasteiger partial charge on any atom is 0.231 e. The Kier molecular flexibility index (Phi) is 11.0. The van der Waals surface area contributed by atoms with Crippen LogP contribution in [0.3, 0.4) is 0 Å². The topological polar surface area (TPSA) is 81.8 Å². The molecule has 0 saturated heterocycles. The van der Waals surface area contributed by atoms with Crippen molar-refractivity contribution in [1.82, 2.24) is 0 Å². The van der Waals surface area contributed by atoms with E-state index in [0.29, 0.717) is 0 Å². The van der Waals surface area contributed by atoms with Crippen LogP contribution in [0, 0.1) is 10.8 Å². The molecule has 0 unspecified atom stereocenters. The largest absolute Gasteiger partial charge is 0.231 e. The molecule has 0 amide bonds. The zero-order valence-electron chi connectivity index (χ0n) is 11.3. The maximum atomic E-state index is 8.35. The molecule has 2 rings (SSSR count). The summed E-state index contributed by atoms with van der Waals surface area (Å²) in [7, 11) is 0. The molecule has 0 heterocycles. The average molecular weight is 303 g/mol. The lowest BCUT2D eigenvalue weighted by Gasteiger charge is -2.03. The lowest BCUT2D eigenvalue weighted by atomic mass is 10.0. The third-order valence-corrected chi connectivity index (χ3v) is 2.85. The van der Waals surface area contributed by atoms with E-state index < -0.39 is 0 Å². The van der Waals surface area contributed by atoms with Crippen LogP contribution in [0.5, 0.6) is 0 Å². The first-order valence-corrected chi connectivity index (χ1v) is 6.42. The monoisotopic (exact) mass is 302 g/mol. The Bertz CT molecular complexity index is 576. The summed E-state index contributed by atoms with van der Waals surface area (Å²) in [4.78, 5) is 16.7. The zero-order chi connectivity index (χ0) is 15.9. The van der Waals surface area contributed by atoms with Gasteiger partial charge >= 0.3 is 0 Å². The molecule has 2 aromatic rings. The van der Waals surface area contributed by atoms with Crippen molar-refractivity contribution in [3.05, 3.63) is 70.7 Å². The van der Waals surface area contributed by atoms with Gasteiger partial charge in [-0.25, -0.2) is 20.4 Å². The Balaban J connectivity index is 0.000000578. The van der Waals surface area contributed by atoms with Crippen LogP contribution in [0.25, 0.3) is 0 Å². The molecular formula is C16H15ClN2O2. The van der Waals surface area contributed by atoms with Crippen molar-refractivity contribution in [3.63, 3.8) is 0 Å². The molecule has 0 fully saturated rings. The molecular weight excluding hydrogens is 288 g/mol. The molecule has 0 aliphatic carbocycles. The first kappa shape index (κ1) is 18.5. The minimum atomic E-state index is 0.750. The lowest BCUT2D eigenvalue weighted by Crippen LogP contribution is -1.91. The number of nitrogens with one attached hydrogen (secondary N) is 2. The van der Waals surface area contributed by atoms with Crippen LogP contribution in [0.1, 0.15) is 11.1 Å². The van der Waals surface area contributed by atoms with Gasteiger partial charge in [-0.15, -0.1) is 0 Å². The number of isocyanates is 2. The smallest absolute Gasteiger partial charge is 0.222 e. The quantitative estimate of drug-likeness (QED) is 0.665. The van der Waals surface area contributed by atoms with E-state index in [1.54, 1.807) is 0 Å². The van der Waals surface area contributed by atoms with Crippen molar-refractivity contribution in [1.29, 1.82) is 10.8 Å². The Labute approximate surface area is 128 Å². The summed E-state index contributed by atoms with van der Waals surface area (Å²) in [6.07, 6.45) is 3.55. The van der Waals surface area contributed by atoms with Gasteiger partial charge in [-0.05, 0) is 30.0 Å². The molecule has 0 radical (unpaired) electrons. The highest BCUT2D eigenvalue weighted by atomic mass is 35.5. The van der Waals surface area contributed by atoms with Crippen LogP contribution in [0.4, 0.5) is 0 Å². The molecule has 108 valence electrons. The lowest BCUT2D eigenvalue weighted by molar-refractivity contribution is 0.562. The minimum Gasteiger partial charge on any atom is -0.222 e. The van der Waals surface area contributed by atoms with Gasteiger partial charge in [0.1, 0.15) is 0 Å². The van der Waals surface area contributed by atoms with Crippen LogP contribution in [0.2, 0.25) is 5.02 Å². The molecule has 0 aliphatic rings. The summed E-state index contributed by atoms with van der Waals surface area (Å²) in [5, 5.41) is 11.7. The third kappa shape index (κ3) is 9.09. The highest BCUT2D eigenvalue weighted by molar-refractivity contribution is 6.31. The molecule has 0 spiro atoms. The summed E-state index contributed by atoms with van der Waals surface area (Å²) in [5.41, 5.74) is 2.58. The van der Waals surface area contributed by atoms with E-state index in [-0.39, 0.29) is 0 Å². The highest BCUT2D eigenvalue weighted by Gasteiger charge is 1.99. The van der Waals surface area contributed by atoms with Crippen LogP contribution in [-0.2, 0) is 22.4 Å². The number of benzene rings is 2. The van der Waals surface area contributed by atoms with Gasteiger partial charge in [0.25, 0.3) is 0 Å². The normalized spacial score (nSPS) is 8.05. The summed E-state index contributed by atoms with van der Waals surface area (Å²) in [5.74, 6) is 0. The zero-order valence-corrected chi connectivity index (χ0v) is 12.1. The molecule has 2 N–H and O–H groups in total. The van der Waals surface area contributed by atoms with Gasteiger partial charge in [0.2, 0.25) is 12.2 Å². The van der Waals surface area contributed by atoms with Crippen LogP contribution < -0.4 is 0 Å². The third-order valence-electron chi connectivity index (χ3n) is 2.48. The van der Waals surface area contributed by atoms with Gasteiger partial charge in [-0.2, -0.15) is 0 Å². The number of hydrogen-bond acceptors (Lipinski definition) is 4. The van der Waals surface area contributed by atoms with Crippen molar-refractivity contribution in [2.24, 2.45) is 0 Å². The Morgan fingerprint density at radius 3 is 1.81 bits per heavy atom. The van der Waals surface area contributed by atoms with Gasteiger partial charge < -0.3 is 0 Å². The van der Waals surface area contributed by atoms with Crippen LogP contribution >= 0.6 is 11.6 Å². The Hall–Kier alpha value is -2.51. The van der Waals surface area contributed by atoms with Gasteiger partial charge in [0.05, 0.1) is 0 Å². The minimum absolute atomic E-state index is 0.750. The molecule has 21 heavy (non-hydrogen) atoms. The van der Waals surface area contributed by atoms with Crippen LogP contribution in [0.15, 0.2) is 54.6 Å². The molecule has 0 aliphatic heterocycles. The standard InChI is InChI=1S/C14H13Cl.2CHNO/c15-14-9-5-4-8-13(14)11-10-12-6-2-1-3-7-12;2*2-1-3/h1-9H,10-11H2;2*2H. The molecule has 4 nitrogen and oxygen atoms in total. The van der Waals surface area contributed by atoms with E-state index >= 15 is 0 Å². The number of halogens is 1.